The zero-order chi connectivity index (χ0) is 21.7. The van der Waals surface area contributed by atoms with Gasteiger partial charge in [0.2, 0.25) is 5.91 Å². The van der Waals surface area contributed by atoms with Crippen molar-refractivity contribution in [1.29, 1.82) is 0 Å². The van der Waals surface area contributed by atoms with Crippen LogP contribution >= 0.6 is 0 Å². The third-order valence-electron chi connectivity index (χ3n) is 6.37. The smallest absolute Gasteiger partial charge is 0.223 e. The van der Waals surface area contributed by atoms with Gasteiger partial charge in [0.05, 0.1) is 0 Å². The van der Waals surface area contributed by atoms with Crippen molar-refractivity contribution in [3.8, 4) is 0 Å². The van der Waals surface area contributed by atoms with E-state index in [1.165, 1.54) is 0 Å². The summed E-state index contributed by atoms with van der Waals surface area (Å²) in [6, 6.07) is 0. The van der Waals surface area contributed by atoms with Crippen molar-refractivity contribution in [1.82, 2.24) is 10.2 Å². The summed E-state index contributed by atoms with van der Waals surface area (Å²) in [7, 11) is 0. The molecule has 0 aromatic heterocycles. The number of carbonyl (C=O) groups is 2. The molecule has 1 heterocycles. The van der Waals surface area contributed by atoms with Crippen molar-refractivity contribution in [2.24, 2.45) is 17.3 Å². The summed E-state index contributed by atoms with van der Waals surface area (Å²) in [6.07, 6.45) is 5.11. The van der Waals surface area contributed by atoms with Crippen LogP contribution < -0.4 is 5.32 Å². The molecule has 0 aromatic rings. The van der Waals surface area contributed by atoms with Crippen LogP contribution in [0.1, 0.15) is 61.3 Å². The van der Waals surface area contributed by atoms with E-state index >= 15 is 0 Å². The lowest BCUT2D eigenvalue weighted by molar-refractivity contribution is -0.133. The zero-order valence-corrected chi connectivity index (χ0v) is 19.0. The average molecular weight is 389 g/mol. The number of nitrogens with zero attached hydrogens (tertiary/aromatic N) is 1. The molecule has 4 heteroatoms. The van der Waals surface area contributed by atoms with E-state index in [2.05, 4.69) is 53.1 Å². The quantitative estimate of drug-likeness (QED) is 0.529. The summed E-state index contributed by atoms with van der Waals surface area (Å²) in [5.74, 6) is 0.265. The fraction of sp³-hybridized carbons (Fsp3) is 0.667. The molecule has 1 rings (SSSR count). The minimum atomic E-state index is -0.413. The lowest BCUT2D eigenvalue weighted by Crippen LogP contribution is -2.39. The second kappa shape index (κ2) is 9.69. The Hall–Kier alpha value is -1.68. The maximum atomic E-state index is 12.9. The highest BCUT2D eigenvalue weighted by Gasteiger charge is 2.41. The molecule has 4 nitrogen and oxygen atoms in total. The maximum Gasteiger partial charge on any atom is 0.223 e. The highest BCUT2D eigenvalue weighted by molar-refractivity contribution is 5.93. The van der Waals surface area contributed by atoms with Crippen LogP contribution in [0.5, 0.6) is 0 Å². The molecule has 1 amide bonds. The van der Waals surface area contributed by atoms with Gasteiger partial charge in [0.1, 0.15) is 5.78 Å². The Labute approximate surface area is 172 Å². The van der Waals surface area contributed by atoms with Crippen molar-refractivity contribution in [2.45, 2.75) is 66.8 Å². The third-order valence-corrected chi connectivity index (χ3v) is 6.37. The number of carbonyl (C=O) groups excluding carboxylic acids is 2. The van der Waals surface area contributed by atoms with Gasteiger partial charge in [-0.25, -0.2) is 0 Å². The summed E-state index contributed by atoms with van der Waals surface area (Å²) in [5.41, 5.74) is 1.55. The Kier molecular flexibility index (Phi) is 8.43. The number of hydrogen-bond acceptors (Lipinski definition) is 3. The first kappa shape index (κ1) is 24.4. The monoisotopic (exact) mass is 388 g/mol. The summed E-state index contributed by atoms with van der Waals surface area (Å²) < 4.78 is 0. The van der Waals surface area contributed by atoms with E-state index in [0.29, 0.717) is 26.1 Å². The van der Waals surface area contributed by atoms with Gasteiger partial charge >= 0.3 is 0 Å². The number of Topliss-reactive ketones (excluding diaryl/α,β-unsaturated/α-hetero) is 1. The predicted molar refractivity (Wildman–Crippen MR) is 118 cm³/mol. The molecule has 0 bridgehead atoms. The number of nitrogens with one attached hydrogen (secondary N) is 1. The fourth-order valence-electron chi connectivity index (χ4n) is 3.09. The molecule has 1 saturated heterocycles. The van der Waals surface area contributed by atoms with Crippen LogP contribution in [-0.2, 0) is 9.59 Å². The SMILES string of the molecule is C=C/C(=C\C(=C)CNC(C)(C)CC)CN1CC(C(=O)C(C)(C)C(C)C)CC1=O. The molecule has 1 unspecified atom stereocenters. The van der Waals surface area contributed by atoms with E-state index in [-0.39, 0.29) is 29.1 Å². The topological polar surface area (TPSA) is 49.4 Å². The first-order chi connectivity index (χ1) is 12.8. The van der Waals surface area contributed by atoms with Gasteiger partial charge in [-0.2, -0.15) is 0 Å². The van der Waals surface area contributed by atoms with E-state index in [1.807, 2.05) is 19.9 Å². The maximum absolute atomic E-state index is 12.9. The van der Waals surface area contributed by atoms with E-state index in [4.69, 9.17) is 0 Å². The molecule has 0 saturated carbocycles. The highest BCUT2D eigenvalue weighted by Crippen LogP contribution is 2.34. The summed E-state index contributed by atoms with van der Waals surface area (Å²) in [4.78, 5) is 27.2. The minimum Gasteiger partial charge on any atom is -0.338 e. The molecule has 1 N–H and O–H groups in total. The molecule has 1 aliphatic rings. The van der Waals surface area contributed by atoms with E-state index in [0.717, 1.165) is 17.6 Å². The molecule has 28 heavy (non-hydrogen) atoms. The lowest BCUT2D eigenvalue weighted by Gasteiger charge is -2.30. The number of hydrogen-bond donors (Lipinski definition) is 1. The van der Waals surface area contributed by atoms with Gasteiger partial charge in [0, 0.05) is 42.9 Å². The standard InChI is InChI=1S/C24H40N2O2/c1-10-19(12-18(5)14-25-23(6,7)11-2)15-26-16-20(13-21(26)27)22(28)24(8,9)17(3)4/h10,12,17,20,25H,1,5,11,13-16H2,2-4,6-9H3/b19-12+. The molecule has 1 atom stereocenters. The van der Waals surface area contributed by atoms with Gasteiger partial charge < -0.3 is 10.2 Å². The van der Waals surface area contributed by atoms with Crippen molar-refractivity contribution in [2.75, 3.05) is 19.6 Å². The number of likely N-dealkylation sites (tertiary alicyclic amines) is 1. The highest BCUT2D eigenvalue weighted by atomic mass is 16.2. The van der Waals surface area contributed by atoms with Crippen LogP contribution in [0.25, 0.3) is 0 Å². The first-order valence-corrected chi connectivity index (χ1v) is 10.4. The van der Waals surface area contributed by atoms with Crippen LogP contribution in [0, 0.1) is 17.3 Å². The Morgan fingerprint density at radius 1 is 1.32 bits per heavy atom. The van der Waals surface area contributed by atoms with Crippen LogP contribution in [0.4, 0.5) is 0 Å². The predicted octanol–water partition coefficient (Wildman–Crippen LogP) is 4.53. The van der Waals surface area contributed by atoms with Crippen molar-refractivity contribution in [3.63, 3.8) is 0 Å². The summed E-state index contributed by atoms with van der Waals surface area (Å²) in [5, 5.41) is 3.49. The second-order valence-electron chi connectivity index (χ2n) is 9.59. The van der Waals surface area contributed by atoms with Gasteiger partial charge in [-0.3, -0.25) is 9.59 Å². The van der Waals surface area contributed by atoms with Gasteiger partial charge in [-0.1, -0.05) is 59.9 Å². The summed E-state index contributed by atoms with van der Waals surface area (Å²) in [6.45, 7) is 24.2. The lowest BCUT2D eigenvalue weighted by atomic mass is 9.73. The normalized spacial score (nSPS) is 18.7. The van der Waals surface area contributed by atoms with E-state index in [1.54, 1.807) is 11.0 Å². The minimum absolute atomic E-state index is 0.0431. The van der Waals surface area contributed by atoms with E-state index in [9.17, 15) is 9.59 Å². The number of amides is 1. The molecular weight excluding hydrogens is 348 g/mol. The second-order valence-corrected chi connectivity index (χ2v) is 9.59. The van der Waals surface area contributed by atoms with Crippen molar-refractivity contribution in [3.05, 3.63) is 36.5 Å². The Morgan fingerprint density at radius 3 is 2.43 bits per heavy atom. The van der Waals surface area contributed by atoms with Crippen molar-refractivity contribution >= 4 is 11.7 Å². The number of ketones is 1. The van der Waals surface area contributed by atoms with Crippen LogP contribution in [0.3, 0.4) is 0 Å². The average Bonchev–Trinajstić information content (AvgIpc) is 2.99. The van der Waals surface area contributed by atoms with Crippen LogP contribution in [-0.4, -0.2) is 41.8 Å². The molecular formula is C24H40N2O2. The van der Waals surface area contributed by atoms with Gasteiger partial charge in [0.15, 0.2) is 0 Å². The zero-order valence-electron chi connectivity index (χ0n) is 19.0. The molecule has 158 valence electrons. The number of rotatable bonds is 11. The Bertz CT molecular complexity index is 641. The third kappa shape index (κ3) is 6.44. The van der Waals surface area contributed by atoms with Crippen LogP contribution in [0.15, 0.2) is 36.5 Å². The molecule has 1 fully saturated rings. The molecule has 0 aliphatic carbocycles. The van der Waals surface area contributed by atoms with Gasteiger partial charge in [-0.05, 0) is 37.3 Å². The Balaban J connectivity index is 2.75. The molecule has 0 aromatic carbocycles. The van der Waals surface area contributed by atoms with Gasteiger partial charge in [-0.15, -0.1) is 0 Å². The fourth-order valence-corrected chi connectivity index (χ4v) is 3.09. The summed E-state index contributed by atoms with van der Waals surface area (Å²) >= 11 is 0. The van der Waals surface area contributed by atoms with E-state index < -0.39 is 5.41 Å². The molecule has 1 aliphatic heterocycles. The van der Waals surface area contributed by atoms with Crippen molar-refractivity contribution < 1.29 is 9.59 Å². The molecule has 0 spiro atoms. The van der Waals surface area contributed by atoms with Gasteiger partial charge in [0.25, 0.3) is 0 Å². The largest absolute Gasteiger partial charge is 0.338 e. The van der Waals surface area contributed by atoms with Crippen LogP contribution in [0.2, 0.25) is 0 Å². The first-order valence-electron chi connectivity index (χ1n) is 10.4. The Morgan fingerprint density at radius 2 is 1.93 bits per heavy atom. The molecule has 0 radical (unpaired) electrons.